The van der Waals surface area contributed by atoms with Crippen molar-refractivity contribution in [1.82, 2.24) is 0 Å². The fraction of sp³-hybridized carbons (Fsp3) is 0.667. The molecule has 0 heterocycles. The Morgan fingerprint density at radius 1 is 0.248 bits per heavy atom. The van der Waals surface area contributed by atoms with E-state index in [0.29, 0.717) is 19.3 Å². The first kappa shape index (κ1) is 112. The number of hydrogen-bond donors (Lipinski definition) is 4. The van der Waals surface area contributed by atoms with Gasteiger partial charge in [0.05, 0.1) is 26.4 Å². The summed E-state index contributed by atoms with van der Waals surface area (Å²) in [7, 11) is -9.82. The Kier molecular flexibility index (Phi) is 85.8. The zero-order valence-corrected chi connectivity index (χ0v) is 75.4. The van der Waals surface area contributed by atoms with Crippen molar-refractivity contribution in [3.8, 4) is 0 Å². The molecule has 0 aliphatic heterocycles. The highest BCUT2D eigenvalue weighted by Gasteiger charge is 2.29. The highest BCUT2D eigenvalue weighted by atomic mass is 31.2. The first-order valence-corrected chi connectivity index (χ1v) is 49.1. The van der Waals surface area contributed by atoms with Crippen molar-refractivity contribution in [3.05, 3.63) is 182 Å². The molecule has 0 bridgehead atoms. The maximum atomic E-state index is 13.1. The summed E-state index contributed by atoms with van der Waals surface area (Å²) in [5.41, 5.74) is 0. The molecule has 0 aromatic carbocycles. The van der Waals surface area contributed by atoms with Gasteiger partial charge >= 0.3 is 33.6 Å². The van der Waals surface area contributed by atoms with Crippen LogP contribution in [0.1, 0.15) is 367 Å². The van der Waals surface area contributed by atoms with E-state index >= 15 is 0 Å². The third-order valence-electron chi connectivity index (χ3n) is 19.1. The van der Waals surface area contributed by atoms with Crippen LogP contribution in [0.4, 0.5) is 0 Å². The van der Waals surface area contributed by atoms with Crippen LogP contribution in [0.15, 0.2) is 182 Å². The first-order chi connectivity index (χ1) is 57.2. The molecule has 0 amide bonds. The van der Waals surface area contributed by atoms with Gasteiger partial charge in [-0.2, -0.15) is 0 Å². The van der Waals surface area contributed by atoms with Gasteiger partial charge in [-0.15, -0.1) is 0 Å². The topological polar surface area (TPSA) is 231 Å². The van der Waals surface area contributed by atoms with E-state index in [9.17, 15) is 43.5 Å². The smallest absolute Gasteiger partial charge is 0.463 e. The molecule has 0 aromatic rings. The normalized spacial score (nSPS) is 14.6. The molecule has 18 heteroatoms. The number of aliphatic hydroxyl groups excluding tert-OH is 2. The number of rotatable bonds is 86. The second-order valence-corrected chi connectivity index (χ2v) is 33.2. The minimum absolute atomic E-state index is 0.0790. The van der Waals surface area contributed by atoms with Gasteiger partial charge in [-0.3, -0.25) is 32.5 Å². The molecule has 16 nitrogen and oxygen atoms in total. The molecule has 117 heavy (non-hydrogen) atoms. The lowest BCUT2D eigenvalue weighted by Crippen LogP contribution is -2.30. The summed E-state index contributed by atoms with van der Waals surface area (Å²) in [6.45, 7) is 2.43. The first-order valence-electron chi connectivity index (χ1n) is 46.1. The Bertz CT molecular complexity index is 2860. The molecule has 0 aliphatic rings. The molecule has 0 saturated carbocycles. The van der Waals surface area contributed by atoms with Crippen LogP contribution in [0, 0.1) is 0 Å². The minimum atomic E-state index is -4.95. The van der Waals surface area contributed by atoms with Crippen molar-refractivity contribution >= 4 is 33.6 Å². The van der Waals surface area contributed by atoms with Gasteiger partial charge in [0.1, 0.15) is 25.4 Å². The van der Waals surface area contributed by atoms with Crippen LogP contribution >= 0.6 is 15.6 Å². The van der Waals surface area contributed by atoms with Crippen molar-refractivity contribution in [2.24, 2.45) is 0 Å². The largest absolute Gasteiger partial charge is 0.472 e. The molecule has 4 N–H and O–H groups in total. The van der Waals surface area contributed by atoms with Gasteiger partial charge in [-0.25, -0.2) is 9.13 Å². The van der Waals surface area contributed by atoms with Gasteiger partial charge in [-0.1, -0.05) is 370 Å². The summed E-state index contributed by atoms with van der Waals surface area (Å²) in [5.74, 6) is -1.60. The van der Waals surface area contributed by atoms with Crippen LogP contribution < -0.4 is 0 Å². The van der Waals surface area contributed by atoms with Gasteiger partial charge in [0.15, 0.2) is 6.10 Å². The zero-order valence-electron chi connectivity index (χ0n) is 73.6. The van der Waals surface area contributed by atoms with Crippen LogP contribution in [0.25, 0.3) is 0 Å². The van der Waals surface area contributed by atoms with Crippen molar-refractivity contribution in [3.63, 3.8) is 0 Å². The summed E-state index contributed by atoms with van der Waals surface area (Å²) in [6.07, 6.45) is 118. The lowest BCUT2D eigenvalue weighted by atomic mass is 10.0. The lowest BCUT2D eigenvalue weighted by Gasteiger charge is -2.21. The van der Waals surface area contributed by atoms with Crippen molar-refractivity contribution in [2.75, 3.05) is 39.6 Å². The average Bonchev–Trinajstić information content (AvgIpc) is 0.899. The van der Waals surface area contributed by atoms with Crippen molar-refractivity contribution in [1.29, 1.82) is 0 Å². The fourth-order valence-electron chi connectivity index (χ4n) is 12.2. The standard InChI is InChI=1S/C99H166O16P2/c1-4-7-10-13-16-19-22-25-28-31-34-37-39-41-43-45-46-48-50-51-53-56-58-61-64-67-70-73-76-79-82-85-97(102)109-88-94(100)89-111-116(105,106)112-90-95(101)91-113-117(107,108)114-93-96(115-99(104)87-84-81-78-75-72-69-66-63-60-55-36-33-30-27-24-21-18-15-12-9-6-3)92-110-98(103)86-83-80-77-74-71-68-65-62-59-57-54-52-49-47-44-42-40-38-35-32-29-26-23-20-17-14-11-8-5-2/h7-8,10-11,16-21,25-30,34-38,41-44,46,48,55,63,66,94-96,100-101H,4-6,9,12-15,22-24,31-33,39-40,45,47,49-54,56-62,64-65,67-93H2,1-3H3,(H,105,106)(H,107,108)/b10-7-,11-8-,19-16-,20-17-,21-18-,28-25-,29-26-,30-27-,37-34-,38-35-,43-41-,44-42-,48-46-,55-36-,66-63-. The van der Waals surface area contributed by atoms with E-state index in [0.717, 1.165) is 186 Å². The maximum absolute atomic E-state index is 13.1. The number of carbonyl (C=O) groups is 3. The molecule has 668 valence electrons. The molecule has 0 spiro atoms. The van der Waals surface area contributed by atoms with E-state index in [1.54, 1.807) is 0 Å². The number of phosphoric ester groups is 2. The quantitative estimate of drug-likeness (QED) is 0.0146. The number of esters is 3. The molecule has 0 aromatic heterocycles. The van der Waals surface area contributed by atoms with E-state index in [4.69, 9.17) is 32.3 Å². The third kappa shape index (κ3) is 91.2. The Labute approximate surface area is 713 Å². The Balaban J connectivity index is 4.62. The summed E-state index contributed by atoms with van der Waals surface area (Å²) in [4.78, 5) is 59.0. The monoisotopic (exact) mass is 1670 g/mol. The van der Waals surface area contributed by atoms with Gasteiger partial charge in [0.2, 0.25) is 0 Å². The van der Waals surface area contributed by atoms with Crippen molar-refractivity contribution < 1.29 is 75.8 Å². The number of phosphoric acid groups is 2. The number of aliphatic hydroxyl groups is 2. The van der Waals surface area contributed by atoms with Gasteiger partial charge in [0.25, 0.3) is 0 Å². The molecule has 0 fully saturated rings. The van der Waals surface area contributed by atoms with Crippen LogP contribution in [-0.2, 0) is 55.8 Å². The summed E-state index contributed by atoms with van der Waals surface area (Å²) in [5, 5.41) is 20.7. The van der Waals surface area contributed by atoms with E-state index in [2.05, 4.69) is 203 Å². The van der Waals surface area contributed by atoms with Gasteiger partial charge < -0.3 is 34.2 Å². The lowest BCUT2D eigenvalue weighted by molar-refractivity contribution is -0.161. The maximum Gasteiger partial charge on any atom is 0.472 e. The highest BCUT2D eigenvalue weighted by Crippen LogP contribution is 2.45. The predicted octanol–water partition coefficient (Wildman–Crippen LogP) is 28.4. The molecular weight excluding hydrogens is 1510 g/mol. The van der Waals surface area contributed by atoms with E-state index < -0.39 is 91.5 Å². The molecule has 0 radical (unpaired) electrons. The second kappa shape index (κ2) is 89.9. The molecule has 5 unspecified atom stereocenters. The molecule has 0 rings (SSSR count). The van der Waals surface area contributed by atoms with Gasteiger partial charge in [0, 0.05) is 19.3 Å². The number of carbonyl (C=O) groups excluding carboxylic acids is 3. The van der Waals surface area contributed by atoms with Crippen molar-refractivity contribution in [2.45, 2.75) is 386 Å². The highest BCUT2D eigenvalue weighted by molar-refractivity contribution is 7.47. The van der Waals surface area contributed by atoms with Crippen LogP contribution in [0.2, 0.25) is 0 Å². The Morgan fingerprint density at radius 3 is 0.718 bits per heavy atom. The predicted molar refractivity (Wildman–Crippen MR) is 491 cm³/mol. The minimum Gasteiger partial charge on any atom is -0.463 e. The number of ether oxygens (including phenoxy) is 3. The summed E-state index contributed by atoms with van der Waals surface area (Å²) in [6, 6.07) is 0. The summed E-state index contributed by atoms with van der Waals surface area (Å²) >= 11 is 0. The second-order valence-electron chi connectivity index (χ2n) is 30.3. The number of unbranched alkanes of at least 4 members (excludes halogenated alkanes) is 33. The average molecular weight is 1670 g/mol. The molecule has 0 aliphatic carbocycles. The summed E-state index contributed by atoms with van der Waals surface area (Å²) < 4.78 is 61.5. The Morgan fingerprint density at radius 2 is 0.453 bits per heavy atom. The van der Waals surface area contributed by atoms with E-state index in [1.807, 2.05) is 0 Å². The SMILES string of the molecule is CC/C=C\C/C=C\C/C=C\C/C=C\C/C=C\C/C=C\CCCCCCCCCCCCCCC(=O)OCC(O)COP(=O)(O)OCC(O)COP(=O)(O)OCC(COC(=O)CCCCCCCCCCCCCCC/C=C\C/C=C\C/C=C\C/C=C\C/C=C\CC)OC(=O)CCCCCCC/C=C\C/C=C\C/C=C\C/C=C\CCCCC. The van der Waals surface area contributed by atoms with Crippen LogP contribution in [0.3, 0.4) is 0 Å². The van der Waals surface area contributed by atoms with Crippen LogP contribution in [0.5, 0.6) is 0 Å². The third-order valence-corrected chi connectivity index (χ3v) is 21.0. The van der Waals surface area contributed by atoms with E-state index in [-0.39, 0.29) is 19.3 Å². The zero-order chi connectivity index (χ0) is 85.1. The Hall–Kier alpha value is -5.35. The van der Waals surface area contributed by atoms with E-state index in [1.165, 1.54) is 122 Å². The van der Waals surface area contributed by atoms with Crippen LogP contribution in [-0.4, -0.2) is 95.9 Å². The molecule has 5 atom stereocenters. The molecular formula is C99H166O16P2. The fourth-order valence-corrected chi connectivity index (χ4v) is 13.8. The number of hydrogen-bond acceptors (Lipinski definition) is 14. The van der Waals surface area contributed by atoms with Gasteiger partial charge in [-0.05, 0) is 161 Å². The number of allylic oxidation sites excluding steroid dienone is 30. The molecule has 0 saturated heterocycles.